The third-order valence-corrected chi connectivity index (χ3v) is 13.6. The highest BCUT2D eigenvalue weighted by molar-refractivity contribution is 5.74. The summed E-state index contributed by atoms with van der Waals surface area (Å²) in [6.07, 6.45) is -50.2. The van der Waals surface area contributed by atoms with Crippen molar-refractivity contribution >= 4 is 17.7 Å². The Balaban J connectivity index is 1.27. The summed E-state index contributed by atoms with van der Waals surface area (Å²) in [6.45, 7) is -0.490. The second kappa shape index (κ2) is 26.5. The molecular weight excluding hydrogens is 1030 g/mol. The van der Waals surface area contributed by atoms with Crippen LogP contribution in [0.2, 0.25) is 0 Å². The molecule has 75 heavy (non-hydrogen) atoms. The number of amides is 3. The molecule has 6 rings (SSSR count). The normalized spacial score (nSPS) is 48.6. The molecule has 434 valence electrons. The third kappa shape index (κ3) is 13.5. The summed E-state index contributed by atoms with van der Waals surface area (Å²) in [5, 5.41) is 180. The Kier molecular flexibility index (Phi) is 21.8. The van der Waals surface area contributed by atoms with Crippen molar-refractivity contribution in [3.8, 4) is 0 Å². The lowest BCUT2D eigenvalue weighted by Gasteiger charge is -2.51. The van der Waals surface area contributed by atoms with Crippen LogP contribution < -0.4 is 16.0 Å². The SMILES string of the molecule is CC(=O)N[C@@H]1[C@@H](O[C@@H]2O[C@H](CO)[C@@H](O[C@@H]3O[C@H](CO)[C@H](O)[C@H](O[C@@H]4O[C@H](CO)[C@@H](O)[C@H](O[C@@H]5O[C@H](CO)[C@H](O)[C@H](O)[C@H]5O[C@@H]5O[C@@H](C)[C@@H](O)[C@@H](O)[C@@H]5O)[C@H]4NC(C)=O)[C@H]3O)[C@H](O)[C@H]2NC(C)=O)[C@@H](O)[C@@H](CO)O[C@@H]1O. The van der Waals surface area contributed by atoms with E-state index in [4.69, 9.17) is 52.1 Å². The molecule has 19 N–H and O–H groups in total. The number of ether oxygens (including phenoxy) is 11. The standard InChI is InChI=1S/C42H71N3O30/c1-10-22(54)28(60)30(62)40(65-10)75-36-29(61)23(55)14(5-46)69-42(36)73-34-21(45-13(4)53)39(67-16(7-48)25(34)57)74-35-26(58)17(8-49)68-41(31(35)63)71-32-18(9-50)70-38(19(27(32)59)43-11(2)51)72-33-20(44-12(3)52)37(64)66-15(6-47)24(33)56/h10,14-42,46-50,54-64H,5-9H2,1-4H3,(H,43,51)(H,44,52)(H,45,53)/t10-,14+,15+,16+,17+,18+,19+,20+,21+,22+,23-,24-,25+,26-,27+,28+,29-,30-,31+,32+,33+,34+,35-,36+,37-,38-,39-,40-,41-,42-/m0/s1. The van der Waals surface area contributed by atoms with E-state index in [1.807, 2.05) is 0 Å². The molecule has 0 aromatic heterocycles. The minimum atomic E-state index is -2.24. The molecule has 6 aliphatic heterocycles. The van der Waals surface area contributed by atoms with E-state index in [-0.39, 0.29) is 0 Å². The van der Waals surface area contributed by atoms with Gasteiger partial charge in [0.2, 0.25) is 17.7 Å². The van der Waals surface area contributed by atoms with Gasteiger partial charge in [0.25, 0.3) is 0 Å². The van der Waals surface area contributed by atoms with E-state index >= 15 is 0 Å². The molecule has 0 spiro atoms. The number of hydrogen-bond acceptors (Lipinski definition) is 30. The molecule has 6 saturated heterocycles. The first kappa shape index (κ1) is 61.5. The van der Waals surface area contributed by atoms with Gasteiger partial charge in [-0.25, -0.2) is 0 Å². The van der Waals surface area contributed by atoms with E-state index in [9.17, 15) is 96.1 Å². The van der Waals surface area contributed by atoms with Gasteiger partial charge in [-0.2, -0.15) is 0 Å². The van der Waals surface area contributed by atoms with E-state index in [0.717, 1.165) is 20.8 Å². The average Bonchev–Trinajstić information content (AvgIpc) is 3.36. The zero-order valence-electron chi connectivity index (χ0n) is 40.7. The van der Waals surface area contributed by atoms with Crippen molar-refractivity contribution in [3.05, 3.63) is 0 Å². The summed E-state index contributed by atoms with van der Waals surface area (Å²) >= 11 is 0. The minimum Gasteiger partial charge on any atom is -0.394 e. The summed E-state index contributed by atoms with van der Waals surface area (Å²) in [7, 11) is 0. The van der Waals surface area contributed by atoms with Gasteiger partial charge < -0.3 is 150 Å². The second-order valence-electron chi connectivity index (χ2n) is 18.9. The first-order valence-electron chi connectivity index (χ1n) is 24.0. The highest BCUT2D eigenvalue weighted by Gasteiger charge is 2.58. The molecule has 0 aliphatic carbocycles. The maximum atomic E-state index is 12.8. The Morgan fingerprint density at radius 1 is 0.347 bits per heavy atom. The van der Waals surface area contributed by atoms with Crippen molar-refractivity contribution in [2.45, 2.75) is 212 Å². The highest BCUT2D eigenvalue weighted by atomic mass is 16.8. The molecule has 0 radical (unpaired) electrons. The molecular formula is C42H71N3O30. The number of aliphatic hydroxyl groups is 16. The molecule has 6 heterocycles. The number of nitrogens with one attached hydrogen (secondary N) is 3. The maximum Gasteiger partial charge on any atom is 0.217 e. The van der Waals surface area contributed by atoms with Gasteiger partial charge in [-0.1, -0.05) is 0 Å². The highest BCUT2D eigenvalue weighted by Crippen LogP contribution is 2.37. The quantitative estimate of drug-likeness (QED) is 0.0606. The minimum absolute atomic E-state index is 0.726. The Hall–Kier alpha value is -2.67. The van der Waals surface area contributed by atoms with Crippen LogP contribution in [-0.4, -0.2) is 317 Å². The molecule has 0 bridgehead atoms. The third-order valence-electron chi connectivity index (χ3n) is 13.6. The lowest BCUT2D eigenvalue weighted by atomic mass is 9.93. The van der Waals surface area contributed by atoms with Crippen LogP contribution in [0, 0.1) is 0 Å². The predicted molar refractivity (Wildman–Crippen MR) is 233 cm³/mol. The first-order chi connectivity index (χ1) is 35.4. The largest absolute Gasteiger partial charge is 0.394 e. The number of carbonyl (C=O) groups is 3. The molecule has 0 aromatic carbocycles. The number of carbonyl (C=O) groups excluding carboxylic acids is 3. The summed E-state index contributed by atoms with van der Waals surface area (Å²) < 4.78 is 63.8. The molecule has 6 aliphatic rings. The second-order valence-corrected chi connectivity index (χ2v) is 18.9. The molecule has 3 amide bonds. The fourth-order valence-electron chi connectivity index (χ4n) is 9.65. The van der Waals surface area contributed by atoms with Crippen LogP contribution in [0.1, 0.15) is 27.7 Å². The lowest BCUT2D eigenvalue weighted by molar-refractivity contribution is -0.390. The maximum absolute atomic E-state index is 12.8. The van der Waals surface area contributed by atoms with Crippen LogP contribution in [0.4, 0.5) is 0 Å². The van der Waals surface area contributed by atoms with Gasteiger partial charge in [-0.15, -0.1) is 0 Å². The van der Waals surface area contributed by atoms with Gasteiger partial charge in [0.1, 0.15) is 140 Å². The van der Waals surface area contributed by atoms with Crippen molar-refractivity contribution in [2.24, 2.45) is 0 Å². The van der Waals surface area contributed by atoms with E-state index < -0.39 is 235 Å². The Bertz CT molecular complexity index is 1850. The molecule has 6 fully saturated rings. The van der Waals surface area contributed by atoms with E-state index in [1.165, 1.54) is 6.92 Å². The average molecular weight is 1100 g/mol. The number of hydrogen-bond donors (Lipinski definition) is 19. The smallest absolute Gasteiger partial charge is 0.217 e. The van der Waals surface area contributed by atoms with Gasteiger partial charge in [0.15, 0.2) is 37.7 Å². The van der Waals surface area contributed by atoms with E-state index in [0.29, 0.717) is 0 Å². The van der Waals surface area contributed by atoms with Gasteiger partial charge in [0, 0.05) is 20.8 Å². The molecule has 0 saturated carbocycles. The van der Waals surface area contributed by atoms with E-state index in [2.05, 4.69) is 16.0 Å². The summed E-state index contributed by atoms with van der Waals surface area (Å²) in [6, 6.07) is -5.06. The summed E-state index contributed by atoms with van der Waals surface area (Å²) in [4.78, 5) is 37.5. The van der Waals surface area contributed by atoms with Crippen LogP contribution in [0.5, 0.6) is 0 Å². The fourth-order valence-corrected chi connectivity index (χ4v) is 9.65. The van der Waals surface area contributed by atoms with Crippen molar-refractivity contribution in [2.75, 3.05) is 33.0 Å². The van der Waals surface area contributed by atoms with Crippen LogP contribution in [0.15, 0.2) is 0 Å². The molecule has 33 nitrogen and oxygen atoms in total. The van der Waals surface area contributed by atoms with Crippen molar-refractivity contribution in [1.82, 2.24) is 16.0 Å². The Labute approximate surface area is 426 Å². The zero-order valence-corrected chi connectivity index (χ0v) is 40.7. The van der Waals surface area contributed by atoms with Gasteiger partial charge in [-0.05, 0) is 6.92 Å². The van der Waals surface area contributed by atoms with Crippen LogP contribution in [-0.2, 0) is 66.5 Å². The summed E-state index contributed by atoms with van der Waals surface area (Å²) in [5.41, 5.74) is 0. The first-order valence-corrected chi connectivity index (χ1v) is 24.0. The van der Waals surface area contributed by atoms with Crippen molar-refractivity contribution in [1.29, 1.82) is 0 Å². The fraction of sp³-hybridized carbons (Fsp3) is 0.929. The van der Waals surface area contributed by atoms with Gasteiger partial charge in [0.05, 0.1) is 39.1 Å². The molecule has 0 aromatic rings. The van der Waals surface area contributed by atoms with E-state index in [1.54, 1.807) is 0 Å². The topological polar surface area (TPSA) is 513 Å². The van der Waals surface area contributed by atoms with Crippen LogP contribution in [0.25, 0.3) is 0 Å². The lowest BCUT2D eigenvalue weighted by Crippen LogP contribution is -2.71. The Morgan fingerprint density at radius 2 is 0.733 bits per heavy atom. The van der Waals surface area contributed by atoms with Crippen LogP contribution in [0.3, 0.4) is 0 Å². The van der Waals surface area contributed by atoms with Crippen molar-refractivity contribution in [3.63, 3.8) is 0 Å². The van der Waals surface area contributed by atoms with Crippen molar-refractivity contribution < 1.29 is 148 Å². The zero-order chi connectivity index (χ0) is 55.5. The molecule has 33 heteroatoms. The summed E-state index contributed by atoms with van der Waals surface area (Å²) in [5.74, 6) is -2.41. The molecule has 30 atom stereocenters. The monoisotopic (exact) mass is 1100 g/mol. The predicted octanol–water partition coefficient (Wildman–Crippen LogP) is -12.6. The van der Waals surface area contributed by atoms with Gasteiger partial charge >= 0.3 is 0 Å². The number of aliphatic hydroxyl groups excluding tert-OH is 16. The Morgan fingerprint density at radius 3 is 1.29 bits per heavy atom. The van der Waals surface area contributed by atoms with Gasteiger partial charge in [-0.3, -0.25) is 14.4 Å². The molecule has 0 unspecified atom stereocenters. The van der Waals surface area contributed by atoms with Crippen LogP contribution >= 0.6 is 0 Å². The number of rotatable bonds is 18.